The van der Waals surface area contributed by atoms with Crippen LogP contribution in [0.25, 0.3) is 0 Å². The highest BCUT2D eigenvalue weighted by molar-refractivity contribution is 9.12. The number of piperidine rings is 1. The van der Waals surface area contributed by atoms with Gasteiger partial charge in [0.05, 0.1) is 26.8 Å². The zero-order chi connectivity index (χ0) is 23.9. The minimum atomic E-state index is 0.333. The van der Waals surface area contributed by atoms with Crippen molar-refractivity contribution in [3.05, 3.63) is 85.9 Å². The van der Waals surface area contributed by atoms with Crippen molar-refractivity contribution in [2.24, 2.45) is 15.9 Å². The number of allylic oxidation sites excluding steroid dienone is 3. The predicted molar refractivity (Wildman–Crippen MR) is 146 cm³/mol. The van der Waals surface area contributed by atoms with E-state index in [0.29, 0.717) is 22.5 Å². The first-order valence-corrected chi connectivity index (χ1v) is 13.0. The summed E-state index contributed by atoms with van der Waals surface area (Å²) in [7, 11) is 0. The van der Waals surface area contributed by atoms with Gasteiger partial charge >= 0.3 is 0 Å². The van der Waals surface area contributed by atoms with E-state index in [1.54, 1.807) is 6.20 Å². The maximum Gasteiger partial charge on any atom is 0.0824 e. The molecule has 2 aliphatic rings. The van der Waals surface area contributed by atoms with Gasteiger partial charge in [0, 0.05) is 55.6 Å². The lowest BCUT2D eigenvalue weighted by atomic mass is 9.92. The molecule has 5 nitrogen and oxygen atoms in total. The molecule has 178 valence electrons. The Hall–Kier alpha value is -1.99. The Labute approximate surface area is 219 Å². The molecule has 0 radical (unpaired) electrons. The third-order valence-corrected chi connectivity index (χ3v) is 7.36. The maximum atomic E-state index is 6.24. The first-order valence-electron chi connectivity index (χ1n) is 11.4. The van der Waals surface area contributed by atoms with Gasteiger partial charge in [-0.2, -0.15) is 0 Å². The second kappa shape index (κ2) is 12.1. The van der Waals surface area contributed by atoms with Gasteiger partial charge in [-0.1, -0.05) is 35.3 Å². The number of rotatable bonds is 8. The van der Waals surface area contributed by atoms with Crippen LogP contribution in [-0.2, 0) is 13.1 Å². The van der Waals surface area contributed by atoms with E-state index in [2.05, 4.69) is 61.3 Å². The largest absolute Gasteiger partial charge is 0.384 e. The molecule has 0 spiro atoms. The molecule has 1 unspecified atom stereocenters. The summed E-state index contributed by atoms with van der Waals surface area (Å²) in [5, 5.41) is 4.70. The first-order chi connectivity index (χ1) is 16.5. The van der Waals surface area contributed by atoms with E-state index in [1.165, 1.54) is 5.56 Å². The van der Waals surface area contributed by atoms with Crippen molar-refractivity contribution in [2.45, 2.75) is 32.9 Å². The second-order valence-corrected chi connectivity index (χ2v) is 10.3. The SMILES string of the molecule is C/C(=C\C(=N/C1=C(Br)C=NC1)C1CCCN(Cc2ccc(Cl)c(Cl)c2)C1)NCc1cccnc1. The van der Waals surface area contributed by atoms with Crippen molar-refractivity contribution >= 4 is 51.1 Å². The summed E-state index contributed by atoms with van der Waals surface area (Å²) in [6.45, 7) is 6.28. The van der Waals surface area contributed by atoms with E-state index in [0.717, 1.165) is 66.2 Å². The Morgan fingerprint density at radius 2 is 2.15 bits per heavy atom. The van der Waals surface area contributed by atoms with Gasteiger partial charge in [0.25, 0.3) is 0 Å². The molecule has 4 rings (SSSR count). The van der Waals surface area contributed by atoms with E-state index >= 15 is 0 Å². The lowest BCUT2D eigenvalue weighted by Crippen LogP contribution is -2.38. The van der Waals surface area contributed by atoms with E-state index in [-0.39, 0.29) is 0 Å². The van der Waals surface area contributed by atoms with Crippen molar-refractivity contribution in [3.63, 3.8) is 0 Å². The molecule has 0 saturated carbocycles. The molecule has 34 heavy (non-hydrogen) atoms. The zero-order valence-electron chi connectivity index (χ0n) is 19.1. The number of aliphatic imine (C=N–C) groups is 2. The number of aromatic nitrogens is 1. The molecule has 1 saturated heterocycles. The quantitative estimate of drug-likeness (QED) is 0.379. The minimum absolute atomic E-state index is 0.333. The molecule has 0 amide bonds. The van der Waals surface area contributed by atoms with Gasteiger partial charge in [0.1, 0.15) is 0 Å². The molecule has 1 N–H and O–H groups in total. The summed E-state index contributed by atoms with van der Waals surface area (Å²) >= 11 is 15.9. The van der Waals surface area contributed by atoms with Crippen LogP contribution < -0.4 is 5.32 Å². The zero-order valence-corrected chi connectivity index (χ0v) is 22.2. The van der Waals surface area contributed by atoms with Crippen molar-refractivity contribution in [2.75, 3.05) is 19.6 Å². The smallest absolute Gasteiger partial charge is 0.0824 e. The molecule has 3 heterocycles. The molecule has 0 bridgehead atoms. The molecule has 1 aromatic heterocycles. The van der Waals surface area contributed by atoms with Gasteiger partial charge in [-0.05, 0) is 77.6 Å². The van der Waals surface area contributed by atoms with E-state index in [1.807, 2.05) is 30.6 Å². The van der Waals surface area contributed by atoms with Crippen LogP contribution in [0.3, 0.4) is 0 Å². The van der Waals surface area contributed by atoms with Gasteiger partial charge in [0.15, 0.2) is 0 Å². The number of pyridine rings is 1. The van der Waals surface area contributed by atoms with Crippen molar-refractivity contribution in [3.8, 4) is 0 Å². The Kier molecular flexibility index (Phi) is 8.95. The molecule has 1 fully saturated rings. The monoisotopic (exact) mass is 559 g/mol. The van der Waals surface area contributed by atoms with Gasteiger partial charge in [-0.15, -0.1) is 0 Å². The number of nitrogens with one attached hydrogen (secondary N) is 1. The molecule has 8 heteroatoms. The Morgan fingerprint density at radius 3 is 2.88 bits per heavy atom. The van der Waals surface area contributed by atoms with Crippen LogP contribution in [0.15, 0.2) is 74.7 Å². The number of hydrogen-bond acceptors (Lipinski definition) is 5. The second-order valence-electron chi connectivity index (χ2n) is 8.67. The molecule has 1 atom stereocenters. The van der Waals surface area contributed by atoms with Gasteiger partial charge < -0.3 is 5.32 Å². The third kappa shape index (κ3) is 7.01. The number of nitrogens with zero attached hydrogens (tertiary/aromatic N) is 4. The molecule has 1 aromatic carbocycles. The molecule has 0 aliphatic carbocycles. The number of hydrogen-bond donors (Lipinski definition) is 1. The fourth-order valence-corrected chi connectivity index (χ4v) is 4.88. The van der Waals surface area contributed by atoms with E-state index < -0.39 is 0 Å². The summed E-state index contributed by atoms with van der Waals surface area (Å²) in [5.74, 6) is 0.333. The third-order valence-electron chi connectivity index (χ3n) is 5.96. The lowest BCUT2D eigenvalue weighted by Gasteiger charge is -2.33. The van der Waals surface area contributed by atoms with Crippen LogP contribution in [0.5, 0.6) is 0 Å². The summed E-state index contributed by atoms with van der Waals surface area (Å²) < 4.78 is 0.961. The van der Waals surface area contributed by atoms with Crippen LogP contribution in [0.4, 0.5) is 0 Å². The van der Waals surface area contributed by atoms with Gasteiger partial charge in [0.2, 0.25) is 0 Å². The highest BCUT2D eigenvalue weighted by Crippen LogP contribution is 2.27. The number of benzene rings is 1. The predicted octanol–water partition coefficient (Wildman–Crippen LogP) is 6.43. The first kappa shape index (κ1) is 25.1. The normalized spacial score (nSPS) is 19.7. The Balaban J connectivity index is 1.50. The van der Waals surface area contributed by atoms with E-state index in [4.69, 9.17) is 28.2 Å². The topological polar surface area (TPSA) is 52.9 Å². The van der Waals surface area contributed by atoms with Crippen LogP contribution >= 0.6 is 39.1 Å². The molecular weight excluding hydrogens is 533 g/mol. The van der Waals surface area contributed by atoms with Crippen molar-refractivity contribution < 1.29 is 0 Å². The Morgan fingerprint density at radius 1 is 1.26 bits per heavy atom. The summed E-state index contributed by atoms with van der Waals surface area (Å²) in [4.78, 5) is 16.1. The highest BCUT2D eigenvalue weighted by Gasteiger charge is 2.24. The van der Waals surface area contributed by atoms with Crippen molar-refractivity contribution in [1.29, 1.82) is 0 Å². The van der Waals surface area contributed by atoms with Gasteiger partial charge in [-0.3, -0.25) is 19.9 Å². The van der Waals surface area contributed by atoms with Crippen LogP contribution in [0.1, 0.15) is 30.9 Å². The van der Waals surface area contributed by atoms with Gasteiger partial charge in [-0.25, -0.2) is 0 Å². The fourth-order valence-electron chi connectivity index (χ4n) is 4.20. The summed E-state index contributed by atoms with van der Waals surface area (Å²) in [6.07, 6.45) is 9.93. The summed E-state index contributed by atoms with van der Waals surface area (Å²) in [5.41, 5.74) is 5.47. The molecular formula is C26H28BrCl2N5. The summed E-state index contributed by atoms with van der Waals surface area (Å²) in [6, 6.07) is 9.92. The van der Waals surface area contributed by atoms with Crippen LogP contribution in [0.2, 0.25) is 10.0 Å². The minimum Gasteiger partial charge on any atom is -0.384 e. The molecule has 2 aromatic rings. The number of likely N-dealkylation sites (tertiary alicyclic amines) is 1. The van der Waals surface area contributed by atoms with Crippen LogP contribution in [0, 0.1) is 5.92 Å². The Bertz CT molecular complexity index is 1130. The number of halogens is 3. The fraction of sp³-hybridized carbons (Fsp3) is 0.346. The lowest BCUT2D eigenvalue weighted by molar-refractivity contribution is 0.197. The average Bonchev–Trinajstić information content (AvgIpc) is 3.25. The van der Waals surface area contributed by atoms with E-state index in [9.17, 15) is 0 Å². The highest BCUT2D eigenvalue weighted by atomic mass is 79.9. The van der Waals surface area contributed by atoms with Crippen molar-refractivity contribution in [1.82, 2.24) is 15.2 Å². The average molecular weight is 561 g/mol. The standard InChI is InChI=1S/C26H28BrCl2N5/c1-18(32-13-20-4-2-8-30-12-20)10-25(33-26-15-31-14-22(26)27)21-5-3-9-34(17-21)16-19-6-7-23(28)24(29)11-19/h2,4,6-8,10-12,14,21,32H,3,5,9,13,15-17H2,1H3/b18-10+,33-25+. The van der Waals surface area contributed by atoms with Crippen LogP contribution in [-0.4, -0.2) is 41.4 Å². The maximum absolute atomic E-state index is 6.24. The molecule has 2 aliphatic heterocycles.